The number of hydrogen-bond acceptors (Lipinski definition) is 6. The molecule has 0 bridgehead atoms. The maximum absolute atomic E-state index is 11.3. The number of tetrazole rings is 1. The van der Waals surface area contributed by atoms with Gasteiger partial charge in [0.2, 0.25) is 5.16 Å². The number of nitrogens with zero attached hydrogens (tertiary/aromatic N) is 4. The van der Waals surface area contributed by atoms with Crippen LogP contribution < -0.4 is 0 Å². The Morgan fingerprint density at radius 3 is 2.86 bits per heavy atom. The quantitative estimate of drug-likeness (QED) is 0.444. The van der Waals surface area contributed by atoms with Crippen LogP contribution in [0.5, 0.6) is 0 Å². The highest BCUT2D eigenvalue weighted by atomic mass is 32.2. The lowest BCUT2D eigenvalue weighted by atomic mass is 10.1. The molecule has 0 spiro atoms. The second-order valence-electron chi connectivity index (χ2n) is 4.90. The first-order valence-corrected chi connectivity index (χ1v) is 8.24. The fourth-order valence-electron chi connectivity index (χ4n) is 1.90. The highest BCUT2D eigenvalue weighted by molar-refractivity contribution is 7.99. The highest BCUT2D eigenvalue weighted by Crippen LogP contribution is 2.21. The Hall–Kier alpha value is -1.89. The van der Waals surface area contributed by atoms with Crippen molar-refractivity contribution in [2.24, 2.45) is 0 Å². The Kier molecular flexibility index (Phi) is 5.94. The predicted octanol–water partition coefficient (Wildman–Crippen LogP) is 2.71. The minimum atomic E-state index is -0.156. The second-order valence-corrected chi connectivity index (χ2v) is 5.96. The number of carbonyl (C=O) groups is 1. The Bertz CT molecular complexity index is 642. The van der Waals surface area contributed by atoms with Gasteiger partial charge in [0.15, 0.2) is 0 Å². The number of rotatable bonds is 7. The van der Waals surface area contributed by atoms with Crippen molar-refractivity contribution in [3.05, 3.63) is 29.3 Å². The summed E-state index contributed by atoms with van der Waals surface area (Å²) >= 11 is 1.54. The molecule has 7 heteroatoms. The van der Waals surface area contributed by atoms with E-state index in [0.717, 1.165) is 23.0 Å². The van der Waals surface area contributed by atoms with Gasteiger partial charge >= 0.3 is 5.97 Å². The van der Waals surface area contributed by atoms with Crippen LogP contribution in [0.25, 0.3) is 5.69 Å². The molecule has 2 aromatic rings. The van der Waals surface area contributed by atoms with E-state index in [-0.39, 0.29) is 5.97 Å². The summed E-state index contributed by atoms with van der Waals surface area (Å²) in [5.74, 6) is 0.612. The summed E-state index contributed by atoms with van der Waals surface area (Å²) in [5, 5.41) is 12.6. The van der Waals surface area contributed by atoms with Crippen LogP contribution in [0.15, 0.2) is 23.4 Å². The molecular formula is C15H20N4O2S. The van der Waals surface area contributed by atoms with Gasteiger partial charge in [-0.05, 0) is 60.9 Å². The summed E-state index contributed by atoms with van der Waals surface area (Å²) in [6, 6.07) is 6.12. The molecule has 118 valence electrons. The van der Waals surface area contributed by atoms with E-state index >= 15 is 0 Å². The summed E-state index contributed by atoms with van der Waals surface area (Å²) in [6.45, 7) is 6.38. The average molecular weight is 320 g/mol. The SMILES string of the molecule is CCOC(=O)CCCSc1nnnn1-c1ccc(C)c(C)c1. The largest absolute Gasteiger partial charge is 0.466 e. The third-order valence-electron chi connectivity index (χ3n) is 3.24. The maximum atomic E-state index is 11.3. The van der Waals surface area contributed by atoms with Crippen LogP contribution in [-0.2, 0) is 9.53 Å². The molecule has 0 N–H and O–H groups in total. The first-order valence-electron chi connectivity index (χ1n) is 7.26. The molecule has 1 aromatic carbocycles. The maximum Gasteiger partial charge on any atom is 0.305 e. The standard InChI is InChI=1S/C15H20N4O2S/c1-4-21-14(20)6-5-9-22-15-16-17-18-19(15)13-8-7-11(2)12(3)10-13/h7-8,10H,4-6,9H2,1-3H3. The van der Waals surface area contributed by atoms with Gasteiger partial charge in [-0.1, -0.05) is 17.8 Å². The van der Waals surface area contributed by atoms with Crippen LogP contribution in [0.2, 0.25) is 0 Å². The van der Waals surface area contributed by atoms with Crippen molar-refractivity contribution < 1.29 is 9.53 Å². The van der Waals surface area contributed by atoms with E-state index in [4.69, 9.17) is 4.74 Å². The third kappa shape index (κ3) is 4.30. The van der Waals surface area contributed by atoms with Crippen molar-refractivity contribution in [3.63, 3.8) is 0 Å². The summed E-state index contributed by atoms with van der Waals surface area (Å²) in [5.41, 5.74) is 3.38. The average Bonchev–Trinajstić information content (AvgIpc) is 2.95. The zero-order chi connectivity index (χ0) is 15.9. The van der Waals surface area contributed by atoms with Crippen molar-refractivity contribution in [1.82, 2.24) is 20.2 Å². The Balaban J connectivity index is 1.95. The lowest BCUT2D eigenvalue weighted by Crippen LogP contribution is -2.04. The number of ether oxygens (including phenoxy) is 1. The molecule has 22 heavy (non-hydrogen) atoms. The van der Waals surface area contributed by atoms with Crippen molar-refractivity contribution >= 4 is 17.7 Å². The summed E-state index contributed by atoms with van der Waals surface area (Å²) in [7, 11) is 0. The molecule has 6 nitrogen and oxygen atoms in total. The third-order valence-corrected chi connectivity index (χ3v) is 4.24. The summed E-state index contributed by atoms with van der Waals surface area (Å²) < 4.78 is 6.63. The van der Waals surface area contributed by atoms with E-state index in [0.29, 0.717) is 13.0 Å². The van der Waals surface area contributed by atoms with Gasteiger partial charge < -0.3 is 4.74 Å². The molecule has 0 aliphatic heterocycles. The molecule has 1 heterocycles. The van der Waals surface area contributed by atoms with Crippen LogP contribution >= 0.6 is 11.8 Å². The Labute approximate surface area is 134 Å². The van der Waals surface area contributed by atoms with E-state index in [1.54, 1.807) is 4.68 Å². The smallest absolute Gasteiger partial charge is 0.305 e. The molecule has 0 fully saturated rings. The number of esters is 1. The molecule has 0 atom stereocenters. The van der Waals surface area contributed by atoms with Crippen molar-refractivity contribution in [1.29, 1.82) is 0 Å². The van der Waals surface area contributed by atoms with Gasteiger partial charge in [0.05, 0.1) is 12.3 Å². The number of hydrogen-bond donors (Lipinski definition) is 0. The minimum Gasteiger partial charge on any atom is -0.466 e. The zero-order valence-corrected chi connectivity index (χ0v) is 13.9. The van der Waals surface area contributed by atoms with E-state index in [1.807, 2.05) is 13.0 Å². The topological polar surface area (TPSA) is 69.9 Å². The van der Waals surface area contributed by atoms with E-state index < -0.39 is 0 Å². The number of carbonyl (C=O) groups excluding carboxylic acids is 1. The van der Waals surface area contributed by atoms with Gasteiger partial charge in [0.25, 0.3) is 0 Å². The first kappa shape index (κ1) is 16.5. The Morgan fingerprint density at radius 2 is 2.14 bits per heavy atom. The minimum absolute atomic E-state index is 0.156. The molecule has 0 saturated heterocycles. The van der Waals surface area contributed by atoms with Gasteiger partial charge in [-0.25, -0.2) is 0 Å². The van der Waals surface area contributed by atoms with Crippen LogP contribution in [0.4, 0.5) is 0 Å². The fourth-order valence-corrected chi connectivity index (χ4v) is 2.73. The second kappa shape index (κ2) is 7.93. The van der Waals surface area contributed by atoms with Gasteiger partial charge in [0, 0.05) is 12.2 Å². The highest BCUT2D eigenvalue weighted by Gasteiger charge is 2.10. The normalized spacial score (nSPS) is 10.7. The molecule has 0 unspecified atom stereocenters. The van der Waals surface area contributed by atoms with Gasteiger partial charge in [-0.2, -0.15) is 4.68 Å². The summed E-state index contributed by atoms with van der Waals surface area (Å²) in [6.07, 6.45) is 1.16. The Morgan fingerprint density at radius 1 is 1.32 bits per heavy atom. The number of aromatic nitrogens is 4. The molecular weight excluding hydrogens is 300 g/mol. The number of thioether (sulfide) groups is 1. The van der Waals surface area contributed by atoms with Crippen LogP contribution in [0.3, 0.4) is 0 Å². The van der Waals surface area contributed by atoms with Crippen molar-refractivity contribution in [2.75, 3.05) is 12.4 Å². The fraction of sp³-hybridized carbons (Fsp3) is 0.467. The number of aryl methyl sites for hydroxylation is 2. The lowest BCUT2D eigenvalue weighted by molar-refractivity contribution is -0.143. The van der Waals surface area contributed by atoms with Crippen molar-refractivity contribution in [3.8, 4) is 5.69 Å². The van der Waals surface area contributed by atoms with Crippen molar-refractivity contribution in [2.45, 2.75) is 38.8 Å². The molecule has 0 aliphatic rings. The molecule has 1 aromatic heterocycles. The molecule has 0 radical (unpaired) electrons. The van der Waals surface area contributed by atoms with Gasteiger partial charge in [-0.15, -0.1) is 5.10 Å². The van der Waals surface area contributed by atoms with Crippen LogP contribution in [0, 0.1) is 13.8 Å². The first-order chi connectivity index (χ1) is 10.6. The van der Waals surface area contributed by atoms with E-state index in [9.17, 15) is 4.79 Å². The van der Waals surface area contributed by atoms with E-state index in [2.05, 4.69) is 41.5 Å². The van der Waals surface area contributed by atoms with Crippen LogP contribution in [0.1, 0.15) is 30.9 Å². The molecule has 0 saturated carbocycles. The lowest BCUT2D eigenvalue weighted by Gasteiger charge is -2.07. The van der Waals surface area contributed by atoms with Crippen LogP contribution in [-0.4, -0.2) is 38.5 Å². The van der Waals surface area contributed by atoms with Gasteiger partial charge in [-0.3, -0.25) is 4.79 Å². The molecule has 2 rings (SSSR count). The zero-order valence-electron chi connectivity index (χ0n) is 13.1. The number of benzene rings is 1. The monoisotopic (exact) mass is 320 g/mol. The van der Waals surface area contributed by atoms with E-state index in [1.165, 1.54) is 22.9 Å². The molecule has 0 amide bonds. The summed E-state index contributed by atoms with van der Waals surface area (Å²) in [4.78, 5) is 11.3. The van der Waals surface area contributed by atoms with Gasteiger partial charge in [0.1, 0.15) is 0 Å². The molecule has 0 aliphatic carbocycles. The predicted molar refractivity (Wildman–Crippen MR) is 85.2 cm³/mol.